The van der Waals surface area contributed by atoms with Crippen molar-refractivity contribution in [3.8, 4) is 0 Å². The van der Waals surface area contributed by atoms with Crippen LogP contribution in [0.15, 0.2) is 18.2 Å². The van der Waals surface area contributed by atoms with Gasteiger partial charge in [0.25, 0.3) is 0 Å². The molecule has 28 heavy (non-hydrogen) atoms. The minimum absolute atomic E-state index is 0.151. The summed E-state index contributed by atoms with van der Waals surface area (Å²) >= 11 is 8.00. The van der Waals surface area contributed by atoms with Crippen molar-refractivity contribution in [2.24, 2.45) is 11.8 Å². The summed E-state index contributed by atoms with van der Waals surface area (Å²) in [4.78, 5) is 41.2. The van der Waals surface area contributed by atoms with Gasteiger partial charge in [0.1, 0.15) is 5.54 Å². The normalized spacial score (nSPS) is 30.9. The fourth-order valence-electron chi connectivity index (χ4n) is 4.88. The Hall–Kier alpha value is -1.57. The lowest BCUT2D eigenvalue weighted by molar-refractivity contribution is -0.142. The molecular weight excluding hydrogens is 398 g/mol. The zero-order valence-electron chi connectivity index (χ0n) is 16.0. The Balaban J connectivity index is 1.82. The molecule has 1 spiro atoms. The number of nitrogens with zero attached hydrogens (tertiary/aromatic N) is 1. The molecule has 2 saturated heterocycles. The van der Waals surface area contributed by atoms with Crippen LogP contribution in [0.4, 0.5) is 5.69 Å². The van der Waals surface area contributed by atoms with Crippen molar-refractivity contribution in [3.63, 3.8) is 0 Å². The summed E-state index contributed by atoms with van der Waals surface area (Å²) in [5, 5.41) is 6.72. The second-order valence-corrected chi connectivity index (χ2v) is 9.03. The van der Waals surface area contributed by atoms with Gasteiger partial charge in [-0.15, -0.1) is 0 Å². The van der Waals surface area contributed by atoms with Crippen LogP contribution < -0.4 is 10.6 Å². The number of para-hydroxylation sites is 1. The quantitative estimate of drug-likeness (QED) is 0.690. The zero-order valence-corrected chi connectivity index (χ0v) is 17.5. The van der Waals surface area contributed by atoms with Gasteiger partial charge in [-0.05, 0) is 30.9 Å². The van der Waals surface area contributed by atoms with Gasteiger partial charge in [-0.3, -0.25) is 24.6 Å². The van der Waals surface area contributed by atoms with E-state index >= 15 is 0 Å². The molecule has 0 aromatic heterocycles. The smallest absolute Gasteiger partial charge is 0.250 e. The molecule has 2 fully saturated rings. The lowest BCUT2D eigenvalue weighted by Crippen LogP contribution is -2.53. The van der Waals surface area contributed by atoms with E-state index in [1.165, 1.54) is 4.90 Å². The maximum absolute atomic E-state index is 13.4. The Labute approximate surface area is 173 Å². The Bertz CT molecular complexity index is 848. The summed E-state index contributed by atoms with van der Waals surface area (Å²) in [6.45, 7) is 2.44. The standard InChI is InChI=1S/C20H24ClN3O3S/c1-3-4-9-24-17(25)14-13(8-10-28-2)23-20(15(14)18(24)26)11-6-5-7-12(21)16(11)22-19(20)27/h5-7,13-15,23H,3-4,8-10H2,1-2H3,(H,22,27)/t13?,14-,15+,20?/m1/s1. The summed E-state index contributed by atoms with van der Waals surface area (Å²) in [6.07, 6.45) is 4.38. The number of halogens is 1. The number of hydrogen-bond donors (Lipinski definition) is 2. The number of carbonyl (C=O) groups is 3. The number of imide groups is 1. The van der Waals surface area contributed by atoms with Gasteiger partial charge in [-0.25, -0.2) is 0 Å². The molecule has 3 amide bonds. The van der Waals surface area contributed by atoms with E-state index in [9.17, 15) is 14.4 Å². The van der Waals surface area contributed by atoms with Crippen LogP contribution in [0.5, 0.6) is 0 Å². The molecular formula is C20H24ClN3O3S. The highest BCUT2D eigenvalue weighted by atomic mass is 35.5. The molecule has 4 atom stereocenters. The average Bonchev–Trinajstić information content (AvgIpc) is 3.25. The van der Waals surface area contributed by atoms with Crippen molar-refractivity contribution in [1.29, 1.82) is 0 Å². The van der Waals surface area contributed by atoms with E-state index in [1.54, 1.807) is 23.9 Å². The van der Waals surface area contributed by atoms with Gasteiger partial charge < -0.3 is 5.32 Å². The van der Waals surface area contributed by atoms with Gasteiger partial charge in [0.05, 0.1) is 22.5 Å². The number of thioether (sulfide) groups is 1. The molecule has 0 aliphatic carbocycles. The van der Waals surface area contributed by atoms with E-state index in [0.717, 1.165) is 18.6 Å². The second-order valence-electron chi connectivity index (χ2n) is 7.64. The molecule has 2 N–H and O–H groups in total. The molecule has 0 bridgehead atoms. The van der Waals surface area contributed by atoms with Gasteiger partial charge in [-0.1, -0.05) is 37.1 Å². The summed E-state index contributed by atoms with van der Waals surface area (Å²) in [5.41, 5.74) is -0.0230. The Kier molecular flexibility index (Phi) is 5.18. The first-order valence-electron chi connectivity index (χ1n) is 9.69. The van der Waals surface area contributed by atoms with Crippen LogP contribution in [0.2, 0.25) is 5.02 Å². The van der Waals surface area contributed by atoms with Crippen molar-refractivity contribution in [2.75, 3.05) is 23.9 Å². The fraction of sp³-hybridized carbons (Fsp3) is 0.550. The molecule has 1 aromatic rings. The monoisotopic (exact) mass is 421 g/mol. The predicted octanol–water partition coefficient (Wildman–Crippen LogP) is 2.61. The molecule has 6 nitrogen and oxygen atoms in total. The number of fused-ring (bicyclic) bond motifs is 4. The molecule has 3 heterocycles. The molecule has 3 aliphatic rings. The summed E-state index contributed by atoms with van der Waals surface area (Å²) < 4.78 is 0. The van der Waals surface area contributed by atoms with Crippen LogP contribution in [0, 0.1) is 11.8 Å². The SMILES string of the molecule is CCCCN1C(=O)[C@@H]2C(CCSC)NC3(C(=O)Nc4c(Cl)cccc43)[C@@H]2C1=O. The van der Waals surface area contributed by atoms with E-state index in [-0.39, 0.29) is 23.8 Å². The first kappa shape index (κ1) is 19.7. The number of unbranched alkanes of at least 4 members (excludes halogenated alkanes) is 1. The number of nitrogens with one attached hydrogen (secondary N) is 2. The van der Waals surface area contributed by atoms with Gasteiger partial charge in [0, 0.05) is 18.2 Å². The van der Waals surface area contributed by atoms with Crippen LogP contribution in [-0.4, -0.2) is 47.2 Å². The molecule has 8 heteroatoms. The molecule has 3 aliphatic heterocycles. The predicted molar refractivity (Wildman–Crippen MR) is 110 cm³/mol. The first-order valence-corrected chi connectivity index (χ1v) is 11.5. The number of likely N-dealkylation sites (tertiary alicyclic amines) is 1. The largest absolute Gasteiger partial charge is 0.323 e. The molecule has 4 rings (SSSR count). The minimum atomic E-state index is -1.23. The fourth-order valence-corrected chi connectivity index (χ4v) is 5.59. The summed E-state index contributed by atoms with van der Waals surface area (Å²) in [5.74, 6) is -1.10. The third-order valence-corrected chi connectivity index (χ3v) is 7.12. The van der Waals surface area contributed by atoms with E-state index in [1.807, 2.05) is 19.2 Å². The summed E-state index contributed by atoms with van der Waals surface area (Å²) in [6, 6.07) is 5.10. The van der Waals surface area contributed by atoms with Gasteiger partial charge in [0.2, 0.25) is 17.7 Å². The number of amides is 3. The molecule has 1 aromatic carbocycles. The first-order chi connectivity index (χ1) is 13.5. The number of carbonyl (C=O) groups excluding carboxylic acids is 3. The third kappa shape index (κ3) is 2.63. The van der Waals surface area contributed by atoms with Gasteiger partial charge >= 0.3 is 0 Å². The number of rotatable bonds is 6. The molecule has 0 radical (unpaired) electrons. The molecule has 2 unspecified atom stereocenters. The molecule has 0 saturated carbocycles. The Morgan fingerprint density at radius 3 is 2.75 bits per heavy atom. The molecule has 150 valence electrons. The van der Waals surface area contributed by atoms with E-state index in [2.05, 4.69) is 10.6 Å². The second kappa shape index (κ2) is 7.35. The van der Waals surface area contributed by atoms with Crippen LogP contribution in [-0.2, 0) is 19.9 Å². The maximum Gasteiger partial charge on any atom is 0.250 e. The number of anilines is 1. The average molecular weight is 422 g/mol. The highest BCUT2D eigenvalue weighted by molar-refractivity contribution is 7.98. The van der Waals surface area contributed by atoms with E-state index < -0.39 is 17.4 Å². The lowest BCUT2D eigenvalue weighted by Gasteiger charge is -2.29. The lowest BCUT2D eigenvalue weighted by atomic mass is 9.76. The van der Waals surface area contributed by atoms with Crippen molar-refractivity contribution in [2.45, 2.75) is 37.8 Å². The van der Waals surface area contributed by atoms with Crippen molar-refractivity contribution < 1.29 is 14.4 Å². The Morgan fingerprint density at radius 1 is 1.25 bits per heavy atom. The topological polar surface area (TPSA) is 78.5 Å². The van der Waals surface area contributed by atoms with Crippen molar-refractivity contribution >= 4 is 46.8 Å². The van der Waals surface area contributed by atoms with Crippen molar-refractivity contribution in [1.82, 2.24) is 10.2 Å². The van der Waals surface area contributed by atoms with Crippen LogP contribution in [0.3, 0.4) is 0 Å². The number of benzene rings is 1. The summed E-state index contributed by atoms with van der Waals surface area (Å²) in [7, 11) is 0. The maximum atomic E-state index is 13.4. The third-order valence-electron chi connectivity index (χ3n) is 6.16. The van der Waals surface area contributed by atoms with E-state index in [4.69, 9.17) is 11.6 Å². The minimum Gasteiger partial charge on any atom is -0.323 e. The van der Waals surface area contributed by atoms with Crippen LogP contribution in [0.1, 0.15) is 31.7 Å². The van der Waals surface area contributed by atoms with Gasteiger partial charge in [0.15, 0.2) is 0 Å². The van der Waals surface area contributed by atoms with E-state index in [0.29, 0.717) is 29.2 Å². The van der Waals surface area contributed by atoms with Crippen LogP contribution in [0.25, 0.3) is 0 Å². The number of hydrogen-bond acceptors (Lipinski definition) is 5. The highest BCUT2D eigenvalue weighted by Crippen LogP contribution is 2.54. The highest BCUT2D eigenvalue weighted by Gasteiger charge is 2.70. The Morgan fingerprint density at radius 2 is 2.04 bits per heavy atom. The van der Waals surface area contributed by atoms with Crippen LogP contribution >= 0.6 is 23.4 Å². The van der Waals surface area contributed by atoms with Gasteiger partial charge in [-0.2, -0.15) is 11.8 Å². The zero-order chi connectivity index (χ0) is 20.1. The van der Waals surface area contributed by atoms with Crippen molar-refractivity contribution in [3.05, 3.63) is 28.8 Å².